The van der Waals surface area contributed by atoms with Gasteiger partial charge < -0.3 is 9.52 Å². The van der Waals surface area contributed by atoms with Crippen molar-refractivity contribution in [3.05, 3.63) is 51.8 Å². The third kappa shape index (κ3) is 4.51. The molecule has 168 valence electrons. The maximum Gasteiger partial charge on any atom is 0.219 e. The van der Waals surface area contributed by atoms with E-state index in [-0.39, 0.29) is 17.3 Å². The molecule has 1 aromatic heterocycles. The second-order valence-electron chi connectivity index (χ2n) is 9.82. The lowest BCUT2D eigenvalue weighted by Gasteiger charge is -2.19. The fraction of sp³-hybridized carbons (Fsp3) is 0.560. The van der Waals surface area contributed by atoms with E-state index in [4.69, 9.17) is 4.42 Å². The standard InChI is InChI=1S/C25H32O5S/c1-15(17-8-9-17)20-11-10-18-6-5-7-21(18)22(20)12-19(26)14-31(28,29)24-13-23(16(2)30-24)25(3,4)27/h10-11,13,15,17,27H,5-9,12,14H2,1-4H3/t15-/m1/s1. The minimum atomic E-state index is -3.92. The van der Waals surface area contributed by atoms with Crippen molar-refractivity contribution >= 4 is 15.6 Å². The van der Waals surface area contributed by atoms with Crippen LogP contribution in [0.5, 0.6) is 0 Å². The number of aliphatic hydroxyl groups is 1. The minimum Gasteiger partial charge on any atom is -0.450 e. The molecule has 0 amide bonds. The highest BCUT2D eigenvalue weighted by atomic mass is 32.2. The normalized spacial score (nSPS) is 17.6. The molecule has 2 aliphatic carbocycles. The number of rotatable bonds is 8. The zero-order chi connectivity index (χ0) is 22.6. The van der Waals surface area contributed by atoms with Crippen molar-refractivity contribution in [3.63, 3.8) is 0 Å². The SMILES string of the molecule is Cc1oc(S(=O)(=O)CC(=O)Cc2c([C@H](C)C3CC3)ccc3c2CCC3)cc1C(C)(C)O. The Kier molecular flexibility index (Phi) is 5.67. The first kappa shape index (κ1) is 22.3. The molecule has 1 heterocycles. The lowest BCUT2D eigenvalue weighted by molar-refractivity contribution is -0.116. The topological polar surface area (TPSA) is 84.6 Å². The Labute approximate surface area is 184 Å². The number of hydrogen-bond acceptors (Lipinski definition) is 5. The Hall–Kier alpha value is -1.92. The van der Waals surface area contributed by atoms with Crippen molar-refractivity contribution in [2.24, 2.45) is 5.92 Å². The van der Waals surface area contributed by atoms with Crippen LogP contribution in [0.2, 0.25) is 0 Å². The first-order chi connectivity index (χ1) is 14.5. The van der Waals surface area contributed by atoms with E-state index in [9.17, 15) is 18.3 Å². The van der Waals surface area contributed by atoms with Gasteiger partial charge in [-0.15, -0.1) is 0 Å². The van der Waals surface area contributed by atoms with E-state index in [0.29, 0.717) is 23.2 Å². The van der Waals surface area contributed by atoms with E-state index in [1.165, 1.54) is 35.6 Å². The number of fused-ring (bicyclic) bond motifs is 1. The second kappa shape index (κ2) is 7.89. The summed E-state index contributed by atoms with van der Waals surface area (Å²) in [5.41, 5.74) is 4.03. The molecule has 4 rings (SSSR count). The molecule has 1 atom stereocenters. The predicted molar refractivity (Wildman–Crippen MR) is 119 cm³/mol. The predicted octanol–water partition coefficient (Wildman–Crippen LogP) is 4.40. The molecule has 1 N–H and O–H groups in total. The molecule has 0 spiro atoms. The number of furan rings is 1. The number of ketones is 1. The molecule has 1 saturated carbocycles. The molecule has 6 heteroatoms. The fourth-order valence-corrected chi connectivity index (χ4v) is 6.21. The van der Waals surface area contributed by atoms with E-state index in [0.717, 1.165) is 24.8 Å². The van der Waals surface area contributed by atoms with Gasteiger partial charge in [0.05, 0.1) is 5.60 Å². The number of carbonyl (C=O) groups is 1. The summed E-state index contributed by atoms with van der Waals surface area (Å²) in [4.78, 5) is 13.0. The van der Waals surface area contributed by atoms with E-state index in [1.54, 1.807) is 20.8 Å². The molecular weight excluding hydrogens is 412 g/mol. The van der Waals surface area contributed by atoms with E-state index in [1.807, 2.05) is 0 Å². The Bertz CT molecular complexity index is 1110. The maximum atomic E-state index is 13.0. The van der Waals surface area contributed by atoms with Gasteiger partial charge in [0, 0.05) is 18.1 Å². The van der Waals surface area contributed by atoms with Crippen LogP contribution in [0.3, 0.4) is 0 Å². The van der Waals surface area contributed by atoms with Crippen LogP contribution in [-0.4, -0.2) is 25.1 Å². The Morgan fingerprint density at radius 2 is 1.97 bits per heavy atom. The first-order valence-electron chi connectivity index (χ1n) is 11.2. The summed E-state index contributed by atoms with van der Waals surface area (Å²) in [6, 6.07) is 5.71. The molecule has 0 aliphatic heterocycles. The van der Waals surface area contributed by atoms with Crippen LogP contribution in [0.1, 0.15) is 79.5 Å². The first-order valence-corrected chi connectivity index (χ1v) is 12.8. The lowest BCUT2D eigenvalue weighted by atomic mass is 9.86. The van der Waals surface area contributed by atoms with Gasteiger partial charge in [-0.1, -0.05) is 19.1 Å². The summed E-state index contributed by atoms with van der Waals surface area (Å²) in [5.74, 6) is 0.505. The summed E-state index contributed by atoms with van der Waals surface area (Å²) < 4.78 is 31.2. The highest BCUT2D eigenvalue weighted by molar-refractivity contribution is 7.92. The third-order valence-electron chi connectivity index (χ3n) is 6.84. The minimum absolute atomic E-state index is 0.146. The molecule has 1 fully saturated rings. The van der Waals surface area contributed by atoms with Crippen molar-refractivity contribution in [1.82, 2.24) is 0 Å². The van der Waals surface area contributed by atoms with E-state index >= 15 is 0 Å². The van der Waals surface area contributed by atoms with Crippen LogP contribution in [-0.2, 0) is 39.5 Å². The zero-order valence-corrected chi connectivity index (χ0v) is 19.6. The van der Waals surface area contributed by atoms with E-state index < -0.39 is 21.2 Å². The molecule has 1 aromatic carbocycles. The monoisotopic (exact) mass is 444 g/mol. The molecule has 0 unspecified atom stereocenters. The van der Waals surface area contributed by atoms with Gasteiger partial charge in [-0.2, -0.15) is 0 Å². The molecule has 0 bridgehead atoms. The Morgan fingerprint density at radius 1 is 1.26 bits per heavy atom. The van der Waals surface area contributed by atoms with Crippen LogP contribution in [0.4, 0.5) is 0 Å². The van der Waals surface area contributed by atoms with Gasteiger partial charge in [0.25, 0.3) is 0 Å². The number of benzene rings is 1. The zero-order valence-electron chi connectivity index (χ0n) is 18.8. The third-order valence-corrected chi connectivity index (χ3v) is 8.36. The van der Waals surface area contributed by atoms with Gasteiger partial charge in [-0.05, 0) is 87.0 Å². The summed E-state index contributed by atoms with van der Waals surface area (Å²) in [5, 5.41) is 9.98. The molecule has 0 saturated heterocycles. The van der Waals surface area contributed by atoms with Crippen molar-refractivity contribution < 1.29 is 22.7 Å². The van der Waals surface area contributed by atoms with Crippen molar-refractivity contribution in [2.45, 2.75) is 82.8 Å². The van der Waals surface area contributed by atoms with Crippen LogP contribution in [0, 0.1) is 12.8 Å². The molecule has 0 radical (unpaired) electrons. The molecule has 31 heavy (non-hydrogen) atoms. The smallest absolute Gasteiger partial charge is 0.219 e. The molecule has 5 nitrogen and oxygen atoms in total. The second-order valence-corrected chi connectivity index (χ2v) is 11.7. The average Bonchev–Trinajstić information content (AvgIpc) is 3.24. The number of hydrogen-bond donors (Lipinski definition) is 1. The average molecular weight is 445 g/mol. The van der Waals surface area contributed by atoms with Gasteiger partial charge in [0.1, 0.15) is 11.5 Å². The number of aryl methyl sites for hydroxylation is 2. The van der Waals surface area contributed by atoms with Gasteiger partial charge in [-0.25, -0.2) is 8.42 Å². The van der Waals surface area contributed by atoms with Crippen molar-refractivity contribution in [1.29, 1.82) is 0 Å². The summed E-state index contributed by atoms with van der Waals surface area (Å²) >= 11 is 0. The van der Waals surface area contributed by atoms with Crippen LogP contribution in [0.15, 0.2) is 27.7 Å². The van der Waals surface area contributed by atoms with Crippen molar-refractivity contribution in [3.8, 4) is 0 Å². The molecule has 2 aliphatic rings. The highest BCUT2D eigenvalue weighted by Gasteiger charge is 2.33. The van der Waals surface area contributed by atoms with Gasteiger partial charge in [0.2, 0.25) is 14.9 Å². The number of Topliss-reactive ketones (excluding diaryl/α,β-unsaturated/α-hetero) is 1. The Balaban J connectivity index is 1.59. The van der Waals surface area contributed by atoms with Crippen LogP contribution < -0.4 is 0 Å². The molecule has 2 aromatic rings. The summed E-state index contributed by atoms with van der Waals surface area (Å²) in [6.45, 7) is 6.99. The van der Waals surface area contributed by atoms with Crippen molar-refractivity contribution in [2.75, 3.05) is 5.75 Å². The van der Waals surface area contributed by atoms with Gasteiger partial charge in [0.15, 0.2) is 5.78 Å². The summed E-state index contributed by atoms with van der Waals surface area (Å²) in [6.07, 6.45) is 5.66. The van der Waals surface area contributed by atoms with Crippen LogP contribution >= 0.6 is 0 Å². The number of sulfone groups is 1. The summed E-state index contributed by atoms with van der Waals surface area (Å²) in [7, 11) is -3.92. The fourth-order valence-electron chi connectivity index (χ4n) is 4.99. The highest BCUT2D eigenvalue weighted by Crippen LogP contribution is 2.44. The maximum absolute atomic E-state index is 13.0. The molecular formula is C25H32O5S. The Morgan fingerprint density at radius 3 is 2.58 bits per heavy atom. The van der Waals surface area contributed by atoms with E-state index in [2.05, 4.69) is 19.1 Å². The van der Waals surface area contributed by atoms with Gasteiger partial charge in [-0.3, -0.25) is 4.79 Å². The number of carbonyl (C=O) groups excluding carboxylic acids is 1. The quantitative estimate of drug-likeness (QED) is 0.652. The van der Waals surface area contributed by atoms with Gasteiger partial charge >= 0.3 is 0 Å². The van der Waals surface area contributed by atoms with Crippen LogP contribution in [0.25, 0.3) is 0 Å². The lowest BCUT2D eigenvalue weighted by Crippen LogP contribution is -2.20. The largest absolute Gasteiger partial charge is 0.450 e.